The van der Waals surface area contributed by atoms with Gasteiger partial charge in [-0.3, -0.25) is 9.59 Å². The van der Waals surface area contributed by atoms with Gasteiger partial charge in [-0.15, -0.1) is 6.42 Å². The number of benzene rings is 1. The van der Waals surface area contributed by atoms with Gasteiger partial charge in [0.05, 0.1) is 0 Å². The van der Waals surface area contributed by atoms with Crippen LogP contribution in [0.3, 0.4) is 0 Å². The van der Waals surface area contributed by atoms with Crippen molar-refractivity contribution < 1.29 is 14.4 Å². The van der Waals surface area contributed by atoms with E-state index in [1.807, 2.05) is 25.1 Å². The number of terminal acetylenes is 1. The second-order valence-electron chi connectivity index (χ2n) is 6.58. The van der Waals surface area contributed by atoms with Crippen LogP contribution >= 0.6 is 0 Å². The maximum Gasteiger partial charge on any atom is 0.342 e. The van der Waals surface area contributed by atoms with Crippen LogP contribution in [-0.2, 0) is 9.59 Å². The number of hydrogen-bond acceptors (Lipinski definition) is 3. The first kappa shape index (κ1) is 18.4. The molecule has 4 amide bonds. The molecule has 2 unspecified atom stereocenters. The standard InChI is InChI=1S/C22H20N2O3/c1-4-10-16(3)23-20(25)19(17-12-6-5-7-13-17)21(26)24(22(23)27)18-14-9-8-11-15(18)2/h1,5-10,12-15,19H,11H2,2-3H3/b16-10+. The van der Waals surface area contributed by atoms with Crippen molar-refractivity contribution in [1.29, 1.82) is 0 Å². The van der Waals surface area contributed by atoms with Crippen molar-refractivity contribution in [2.75, 3.05) is 0 Å². The fraction of sp³-hybridized carbons (Fsp3) is 0.227. The van der Waals surface area contributed by atoms with E-state index in [1.165, 1.54) is 6.08 Å². The summed E-state index contributed by atoms with van der Waals surface area (Å²) in [4.78, 5) is 41.6. The fourth-order valence-corrected chi connectivity index (χ4v) is 3.36. The molecule has 1 aromatic carbocycles. The van der Waals surface area contributed by atoms with Crippen molar-refractivity contribution in [3.05, 3.63) is 71.6 Å². The number of barbiturate groups is 1. The van der Waals surface area contributed by atoms with Gasteiger partial charge in [0.25, 0.3) is 11.8 Å². The number of nitrogens with zero attached hydrogens (tertiary/aromatic N) is 2. The van der Waals surface area contributed by atoms with E-state index >= 15 is 0 Å². The Morgan fingerprint density at radius 2 is 1.89 bits per heavy atom. The molecule has 2 aliphatic rings. The Morgan fingerprint density at radius 1 is 1.19 bits per heavy atom. The van der Waals surface area contributed by atoms with Gasteiger partial charge in [-0.2, -0.15) is 0 Å². The number of rotatable bonds is 3. The maximum absolute atomic E-state index is 13.3. The molecule has 0 radical (unpaired) electrons. The summed E-state index contributed by atoms with van der Waals surface area (Å²) in [5.41, 5.74) is 1.44. The Kier molecular flexibility index (Phi) is 5.09. The average molecular weight is 360 g/mol. The topological polar surface area (TPSA) is 57.7 Å². The number of amides is 4. The third-order valence-corrected chi connectivity index (χ3v) is 4.75. The highest BCUT2D eigenvalue weighted by atomic mass is 16.2. The normalized spacial score (nSPS) is 23.4. The zero-order valence-corrected chi connectivity index (χ0v) is 15.3. The Balaban J connectivity index is 2.15. The smallest absolute Gasteiger partial charge is 0.273 e. The fourth-order valence-electron chi connectivity index (χ4n) is 3.36. The van der Waals surface area contributed by atoms with Gasteiger partial charge in [0.15, 0.2) is 0 Å². The van der Waals surface area contributed by atoms with Gasteiger partial charge in [-0.05, 0) is 25.0 Å². The van der Waals surface area contributed by atoms with E-state index in [-0.39, 0.29) is 5.92 Å². The highest BCUT2D eigenvalue weighted by molar-refractivity contribution is 6.21. The summed E-state index contributed by atoms with van der Waals surface area (Å²) in [7, 11) is 0. The van der Waals surface area contributed by atoms with Gasteiger partial charge < -0.3 is 0 Å². The first-order chi connectivity index (χ1) is 13.0. The molecular formula is C22H20N2O3. The lowest BCUT2D eigenvalue weighted by Crippen LogP contribution is -2.58. The number of carbonyl (C=O) groups is 3. The average Bonchev–Trinajstić information content (AvgIpc) is 2.64. The molecule has 0 N–H and O–H groups in total. The first-order valence-corrected chi connectivity index (χ1v) is 8.73. The largest absolute Gasteiger partial charge is 0.342 e. The third-order valence-electron chi connectivity index (χ3n) is 4.75. The van der Waals surface area contributed by atoms with Crippen molar-refractivity contribution in [3.8, 4) is 12.3 Å². The van der Waals surface area contributed by atoms with Crippen LogP contribution in [0.25, 0.3) is 0 Å². The summed E-state index contributed by atoms with van der Waals surface area (Å²) in [5.74, 6) is 0.102. The van der Waals surface area contributed by atoms with Crippen LogP contribution in [0.4, 0.5) is 4.79 Å². The molecule has 5 nitrogen and oxygen atoms in total. The number of allylic oxidation sites excluding steroid dienone is 6. The lowest BCUT2D eigenvalue weighted by atomic mass is 9.91. The van der Waals surface area contributed by atoms with Crippen molar-refractivity contribution in [1.82, 2.24) is 9.80 Å². The maximum atomic E-state index is 13.3. The van der Waals surface area contributed by atoms with Crippen LogP contribution in [0.1, 0.15) is 31.7 Å². The van der Waals surface area contributed by atoms with E-state index in [1.54, 1.807) is 37.3 Å². The van der Waals surface area contributed by atoms with E-state index < -0.39 is 23.8 Å². The van der Waals surface area contributed by atoms with Crippen LogP contribution < -0.4 is 0 Å². The molecule has 1 aliphatic carbocycles. The van der Waals surface area contributed by atoms with E-state index in [0.717, 1.165) is 9.80 Å². The molecule has 0 spiro atoms. The van der Waals surface area contributed by atoms with Gasteiger partial charge in [0, 0.05) is 23.4 Å². The van der Waals surface area contributed by atoms with Crippen molar-refractivity contribution in [3.63, 3.8) is 0 Å². The molecule has 0 bridgehead atoms. The molecule has 27 heavy (non-hydrogen) atoms. The molecule has 1 fully saturated rings. The van der Waals surface area contributed by atoms with E-state index in [0.29, 0.717) is 23.4 Å². The van der Waals surface area contributed by atoms with Gasteiger partial charge in [-0.1, -0.05) is 55.3 Å². The highest BCUT2D eigenvalue weighted by Gasteiger charge is 2.48. The number of imide groups is 2. The Morgan fingerprint density at radius 3 is 2.52 bits per heavy atom. The number of carbonyl (C=O) groups excluding carboxylic acids is 3. The highest BCUT2D eigenvalue weighted by Crippen LogP contribution is 2.34. The molecule has 2 atom stereocenters. The van der Waals surface area contributed by atoms with E-state index in [9.17, 15) is 14.4 Å². The SMILES string of the molecule is C#C/C=C(\C)N1C(=O)C(c2ccccc2)C(=O)N(C2=CC=CCC2C)C1=O. The first-order valence-electron chi connectivity index (χ1n) is 8.73. The predicted molar refractivity (Wildman–Crippen MR) is 102 cm³/mol. The molecule has 3 rings (SSSR count). The summed E-state index contributed by atoms with van der Waals surface area (Å²) >= 11 is 0. The molecule has 1 aromatic rings. The monoisotopic (exact) mass is 360 g/mol. The Labute approximate surface area is 158 Å². The summed E-state index contributed by atoms with van der Waals surface area (Å²) in [6, 6.07) is 8.07. The number of urea groups is 1. The lowest BCUT2D eigenvalue weighted by Gasteiger charge is -2.39. The molecule has 136 valence electrons. The summed E-state index contributed by atoms with van der Waals surface area (Å²) in [6.07, 6.45) is 12.9. The second-order valence-corrected chi connectivity index (χ2v) is 6.58. The molecule has 5 heteroatoms. The molecular weight excluding hydrogens is 340 g/mol. The third kappa shape index (κ3) is 3.22. The van der Waals surface area contributed by atoms with Crippen LogP contribution in [0.15, 0.2) is 66.0 Å². The molecule has 1 aliphatic heterocycles. The van der Waals surface area contributed by atoms with Crippen LogP contribution in [0.2, 0.25) is 0 Å². The van der Waals surface area contributed by atoms with Crippen LogP contribution in [-0.4, -0.2) is 27.6 Å². The zero-order chi connectivity index (χ0) is 19.6. The quantitative estimate of drug-likeness (QED) is 0.611. The van der Waals surface area contributed by atoms with Gasteiger partial charge in [0.1, 0.15) is 5.92 Å². The summed E-state index contributed by atoms with van der Waals surface area (Å²) < 4.78 is 0. The van der Waals surface area contributed by atoms with E-state index in [2.05, 4.69) is 5.92 Å². The van der Waals surface area contributed by atoms with Gasteiger partial charge in [-0.25, -0.2) is 14.6 Å². The summed E-state index contributed by atoms with van der Waals surface area (Å²) in [6.45, 7) is 3.53. The van der Waals surface area contributed by atoms with Crippen molar-refractivity contribution in [2.24, 2.45) is 5.92 Å². The molecule has 1 heterocycles. The lowest BCUT2D eigenvalue weighted by molar-refractivity contribution is -0.142. The summed E-state index contributed by atoms with van der Waals surface area (Å²) in [5, 5.41) is 0. The predicted octanol–water partition coefficient (Wildman–Crippen LogP) is 3.58. The molecule has 1 saturated heterocycles. The second kappa shape index (κ2) is 7.46. The van der Waals surface area contributed by atoms with Crippen LogP contribution in [0.5, 0.6) is 0 Å². The number of hydrogen-bond donors (Lipinski definition) is 0. The van der Waals surface area contributed by atoms with Crippen LogP contribution in [0, 0.1) is 18.3 Å². The van der Waals surface area contributed by atoms with E-state index in [4.69, 9.17) is 6.42 Å². The minimum absolute atomic E-state index is 0.0219. The zero-order valence-electron chi connectivity index (χ0n) is 15.3. The van der Waals surface area contributed by atoms with Crippen molar-refractivity contribution >= 4 is 17.8 Å². The molecule has 0 saturated carbocycles. The Bertz CT molecular complexity index is 919. The minimum atomic E-state index is -1.09. The molecule has 0 aromatic heterocycles. The Hall–Kier alpha value is -3.39. The minimum Gasteiger partial charge on any atom is -0.273 e. The van der Waals surface area contributed by atoms with Gasteiger partial charge in [0.2, 0.25) is 0 Å². The van der Waals surface area contributed by atoms with Gasteiger partial charge >= 0.3 is 6.03 Å². The van der Waals surface area contributed by atoms with Crippen molar-refractivity contribution in [2.45, 2.75) is 26.2 Å².